The third-order valence-corrected chi connectivity index (χ3v) is 7.46. The van der Waals surface area contributed by atoms with E-state index in [-0.39, 0.29) is 42.1 Å². The van der Waals surface area contributed by atoms with E-state index >= 15 is 0 Å². The van der Waals surface area contributed by atoms with Gasteiger partial charge in [0.15, 0.2) is 5.75 Å². The molecule has 2 atom stereocenters. The summed E-state index contributed by atoms with van der Waals surface area (Å²) in [6.45, 7) is 6.27. The maximum absolute atomic E-state index is 11.7. The number of aliphatic hydroxyl groups is 1. The van der Waals surface area contributed by atoms with E-state index in [2.05, 4.69) is 5.32 Å². The number of thioether (sulfide) groups is 1. The molecule has 0 spiro atoms. The molecule has 2 aromatic rings. The normalized spacial score (nSPS) is 17.6. The van der Waals surface area contributed by atoms with Crippen LogP contribution in [-0.2, 0) is 28.0 Å². The molecule has 4 N–H and O–H groups in total. The van der Waals surface area contributed by atoms with Crippen molar-refractivity contribution in [2.24, 2.45) is 0 Å². The molecule has 0 aromatic heterocycles. The molecule has 0 bridgehead atoms. The number of amides is 2. The fourth-order valence-corrected chi connectivity index (χ4v) is 5.20. The highest BCUT2D eigenvalue weighted by atomic mass is 32.3. The number of imide groups is 1. The minimum atomic E-state index is -4.75. The molecule has 2 unspecified atom stereocenters. The fourth-order valence-electron chi connectivity index (χ4n) is 3.88. The highest BCUT2D eigenvalue weighted by Crippen LogP contribution is 2.39. The summed E-state index contributed by atoms with van der Waals surface area (Å²) in [6.07, 6.45) is 0.771. The molecular weight excluding hydrogens is 510 g/mol. The van der Waals surface area contributed by atoms with Gasteiger partial charge in [0, 0.05) is 11.1 Å². The minimum Gasteiger partial charge on any atom is -0.507 e. The van der Waals surface area contributed by atoms with Gasteiger partial charge in [-0.1, -0.05) is 23.9 Å². The van der Waals surface area contributed by atoms with Crippen LogP contribution in [0.15, 0.2) is 24.3 Å². The molecule has 1 aliphatic rings. The van der Waals surface area contributed by atoms with Crippen LogP contribution in [0.1, 0.15) is 41.2 Å². The van der Waals surface area contributed by atoms with Gasteiger partial charge in [-0.2, -0.15) is 8.42 Å². The number of nitrogens with one attached hydrogen (secondary N) is 1. The quantitative estimate of drug-likeness (QED) is 0.330. The van der Waals surface area contributed by atoms with Gasteiger partial charge in [-0.25, -0.2) is 0 Å². The molecule has 0 aliphatic carbocycles. The smallest absolute Gasteiger partial charge is 0.446 e. The molecule has 10 nitrogen and oxygen atoms in total. The zero-order valence-electron chi connectivity index (χ0n) is 20.3. The number of phenolic OH excluding ortho intramolecular Hbond substituents is 1. The molecule has 36 heavy (non-hydrogen) atoms. The van der Waals surface area contributed by atoms with Crippen LogP contribution in [0, 0.1) is 20.8 Å². The Morgan fingerprint density at radius 3 is 2.28 bits per heavy atom. The Kier molecular flexibility index (Phi) is 8.23. The van der Waals surface area contributed by atoms with Crippen LogP contribution in [0.2, 0.25) is 0 Å². The maximum atomic E-state index is 11.7. The lowest BCUT2D eigenvalue weighted by Gasteiger charge is -2.25. The predicted molar refractivity (Wildman–Crippen MR) is 134 cm³/mol. The van der Waals surface area contributed by atoms with Crippen LogP contribution >= 0.6 is 11.8 Å². The van der Waals surface area contributed by atoms with E-state index in [4.69, 9.17) is 13.5 Å². The summed E-state index contributed by atoms with van der Waals surface area (Å²) in [6, 6.07) is 6.99. The van der Waals surface area contributed by atoms with E-state index in [1.807, 2.05) is 0 Å². The molecule has 196 valence electrons. The van der Waals surface area contributed by atoms with Crippen molar-refractivity contribution < 1.29 is 41.7 Å². The van der Waals surface area contributed by atoms with Gasteiger partial charge >= 0.3 is 10.4 Å². The summed E-state index contributed by atoms with van der Waals surface area (Å²) in [7, 11) is -4.75. The maximum Gasteiger partial charge on any atom is 0.446 e. The minimum absolute atomic E-state index is 0.0317. The van der Waals surface area contributed by atoms with Crippen molar-refractivity contribution >= 4 is 33.3 Å². The Labute approximate surface area is 214 Å². The number of hydrogen-bond donors (Lipinski definition) is 4. The monoisotopic (exact) mass is 539 g/mol. The molecular formula is C24H29NO9S2. The first-order valence-corrected chi connectivity index (χ1v) is 13.4. The highest BCUT2D eigenvalue weighted by molar-refractivity contribution is 8.15. The van der Waals surface area contributed by atoms with E-state index in [1.54, 1.807) is 52.0 Å². The summed E-state index contributed by atoms with van der Waals surface area (Å²) in [5.41, 5.74) is 1.09. The van der Waals surface area contributed by atoms with Crippen LogP contribution in [0.5, 0.6) is 17.2 Å². The van der Waals surface area contributed by atoms with Gasteiger partial charge < -0.3 is 19.1 Å². The van der Waals surface area contributed by atoms with E-state index in [1.165, 1.54) is 0 Å². The Morgan fingerprint density at radius 1 is 1.08 bits per heavy atom. The number of phenols is 1. The van der Waals surface area contributed by atoms with Gasteiger partial charge in [0.1, 0.15) is 18.1 Å². The van der Waals surface area contributed by atoms with Crippen molar-refractivity contribution in [3.05, 3.63) is 52.1 Å². The lowest BCUT2D eigenvalue weighted by molar-refractivity contribution is -0.118. The summed E-state index contributed by atoms with van der Waals surface area (Å²) >= 11 is 0.965. The van der Waals surface area contributed by atoms with Gasteiger partial charge in [0.05, 0.1) is 10.9 Å². The zero-order chi connectivity index (χ0) is 26.8. The number of benzene rings is 2. The molecule has 1 heterocycles. The molecule has 1 saturated heterocycles. The average molecular weight is 540 g/mol. The lowest BCUT2D eigenvalue weighted by Crippen LogP contribution is -2.33. The van der Waals surface area contributed by atoms with Crippen LogP contribution < -0.4 is 14.2 Å². The van der Waals surface area contributed by atoms with Gasteiger partial charge in [-0.15, -0.1) is 0 Å². The summed E-state index contributed by atoms with van der Waals surface area (Å²) in [5.74, 6) is 0.114. The third-order valence-electron chi connectivity index (χ3n) is 6.10. The van der Waals surface area contributed by atoms with Gasteiger partial charge in [0.2, 0.25) is 5.91 Å². The molecule has 2 aromatic carbocycles. The number of hydrogen-bond acceptors (Lipinski definition) is 9. The molecule has 1 fully saturated rings. The van der Waals surface area contributed by atoms with E-state index in [9.17, 15) is 28.2 Å². The van der Waals surface area contributed by atoms with E-state index in [0.717, 1.165) is 17.3 Å². The topological polar surface area (TPSA) is 159 Å². The van der Waals surface area contributed by atoms with Crippen molar-refractivity contribution in [2.45, 2.75) is 57.8 Å². The summed E-state index contributed by atoms with van der Waals surface area (Å²) in [5, 5.41) is 22.9. The highest BCUT2D eigenvalue weighted by Gasteiger charge is 2.31. The fraction of sp³-hybridized carbons (Fsp3) is 0.417. The molecule has 2 amide bonds. The van der Waals surface area contributed by atoms with Gasteiger partial charge in [-0.3, -0.25) is 19.5 Å². The predicted octanol–water partition coefficient (Wildman–Crippen LogP) is 3.16. The Bertz CT molecular complexity index is 1270. The Balaban J connectivity index is 1.63. The Hall–Kier alpha value is -2.80. The third kappa shape index (κ3) is 6.90. The molecule has 0 saturated carbocycles. The number of ether oxygens (including phenoxy) is 1. The van der Waals surface area contributed by atoms with Gasteiger partial charge in [-0.05, 0) is 75.8 Å². The van der Waals surface area contributed by atoms with Crippen LogP contribution in [0.4, 0.5) is 4.79 Å². The molecule has 1 aliphatic heterocycles. The van der Waals surface area contributed by atoms with Gasteiger partial charge in [0.25, 0.3) is 5.24 Å². The summed E-state index contributed by atoms with van der Waals surface area (Å²) in [4.78, 5) is 23.0. The van der Waals surface area contributed by atoms with Crippen LogP contribution in [0.3, 0.4) is 0 Å². The van der Waals surface area contributed by atoms with Crippen molar-refractivity contribution in [1.82, 2.24) is 5.32 Å². The number of aromatic hydroxyl groups is 1. The standard InChI is InChI=1S/C24H29NO9S2/c1-13-14(2)21(34-36(30,31)32)15(3)18(20(13)26)9-10-24(4,29)12-33-17-7-5-16(6-8-17)11-19-22(27)25-23(28)35-19/h5-8,19,26,29H,9-12H2,1-4H3,(H,25,27,28)(H,30,31,32). The van der Waals surface area contributed by atoms with Crippen LogP contribution in [-0.4, -0.2) is 51.8 Å². The van der Waals surface area contributed by atoms with Crippen LogP contribution in [0.25, 0.3) is 0 Å². The van der Waals surface area contributed by atoms with Crippen molar-refractivity contribution in [3.8, 4) is 17.2 Å². The van der Waals surface area contributed by atoms with E-state index in [0.29, 0.717) is 34.4 Å². The first-order valence-electron chi connectivity index (χ1n) is 11.1. The SMILES string of the molecule is Cc1c(C)c(OS(=O)(=O)O)c(C)c(CCC(C)(O)COc2ccc(CC3SC(=O)NC3=O)cc2)c1O. The number of rotatable bonds is 10. The summed E-state index contributed by atoms with van der Waals surface area (Å²) < 4.78 is 42.1. The lowest BCUT2D eigenvalue weighted by atomic mass is 9.91. The largest absolute Gasteiger partial charge is 0.507 e. The molecule has 3 rings (SSSR count). The molecule has 0 radical (unpaired) electrons. The van der Waals surface area contributed by atoms with Crippen molar-refractivity contribution in [3.63, 3.8) is 0 Å². The van der Waals surface area contributed by atoms with E-state index < -0.39 is 21.2 Å². The zero-order valence-corrected chi connectivity index (χ0v) is 22.0. The molecule has 12 heteroatoms. The average Bonchev–Trinajstić information content (AvgIpc) is 3.10. The van der Waals surface area contributed by atoms with Crippen molar-refractivity contribution in [2.75, 3.05) is 6.61 Å². The second kappa shape index (κ2) is 10.7. The second-order valence-corrected chi connectivity index (χ2v) is 11.3. The Morgan fingerprint density at radius 2 is 1.72 bits per heavy atom. The number of carbonyl (C=O) groups excluding carboxylic acids is 2. The first kappa shape index (κ1) is 27.8. The number of carbonyl (C=O) groups is 2. The first-order chi connectivity index (χ1) is 16.7. The second-order valence-electron chi connectivity index (χ2n) is 9.06. The van der Waals surface area contributed by atoms with Crippen molar-refractivity contribution in [1.29, 1.82) is 0 Å².